The molecule has 138 valence electrons. The number of hydrogen-bond acceptors (Lipinski definition) is 4. The molecule has 8 heteroatoms. The molecular formula is C18H20N2O5S. The number of benzene rings is 1. The zero-order chi connectivity index (χ0) is 18.9. The van der Waals surface area contributed by atoms with E-state index in [1.165, 1.54) is 24.3 Å². The normalized spacial score (nSPS) is 22.8. The number of carboxylic acids is 1. The average Bonchev–Trinajstić information content (AvgIpc) is 3.37. The largest absolute Gasteiger partial charge is 0.481 e. The van der Waals surface area contributed by atoms with E-state index in [0.717, 1.165) is 12.8 Å². The molecule has 0 spiro atoms. The Morgan fingerprint density at radius 1 is 1.23 bits per heavy atom. The van der Waals surface area contributed by atoms with Gasteiger partial charge in [0.15, 0.2) is 0 Å². The van der Waals surface area contributed by atoms with Crippen molar-refractivity contribution >= 4 is 21.9 Å². The summed E-state index contributed by atoms with van der Waals surface area (Å²) >= 11 is 0. The summed E-state index contributed by atoms with van der Waals surface area (Å²) in [5.74, 6) is 0.920. The van der Waals surface area contributed by atoms with Crippen molar-refractivity contribution in [1.29, 1.82) is 0 Å². The van der Waals surface area contributed by atoms with Crippen molar-refractivity contribution in [2.24, 2.45) is 17.8 Å². The number of likely N-dealkylation sites (tertiary alicyclic amines) is 1. The SMILES string of the molecule is C#CCNS(=O)(=O)c1ccc(C(=O)N2C[C@H](C(=O)O)[C@@H](C3CC3)C2)cc1. The lowest BCUT2D eigenvalue weighted by Crippen LogP contribution is -2.30. The van der Waals surface area contributed by atoms with Gasteiger partial charge in [0.1, 0.15) is 0 Å². The van der Waals surface area contributed by atoms with Crippen LogP contribution < -0.4 is 4.72 Å². The molecule has 0 aromatic heterocycles. The van der Waals surface area contributed by atoms with Gasteiger partial charge in [0.2, 0.25) is 10.0 Å². The molecule has 1 aromatic rings. The summed E-state index contributed by atoms with van der Waals surface area (Å²) in [6.07, 6.45) is 7.09. The smallest absolute Gasteiger partial charge is 0.308 e. The van der Waals surface area contributed by atoms with E-state index in [-0.39, 0.29) is 29.8 Å². The van der Waals surface area contributed by atoms with Gasteiger partial charge in [0.25, 0.3) is 5.91 Å². The Morgan fingerprint density at radius 3 is 2.42 bits per heavy atom. The van der Waals surface area contributed by atoms with E-state index >= 15 is 0 Å². The zero-order valence-corrected chi connectivity index (χ0v) is 14.9. The summed E-state index contributed by atoms with van der Waals surface area (Å²) < 4.78 is 26.3. The molecule has 1 aliphatic carbocycles. The highest BCUT2D eigenvalue weighted by Crippen LogP contribution is 2.44. The van der Waals surface area contributed by atoms with E-state index in [9.17, 15) is 23.1 Å². The summed E-state index contributed by atoms with van der Waals surface area (Å²) in [5.41, 5.74) is 0.335. The molecule has 1 heterocycles. The molecule has 1 saturated heterocycles. The maximum absolute atomic E-state index is 12.7. The number of carbonyl (C=O) groups is 2. The second-order valence-electron chi connectivity index (χ2n) is 6.71. The lowest BCUT2D eigenvalue weighted by molar-refractivity contribution is -0.142. The van der Waals surface area contributed by atoms with Crippen molar-refractivity contribution in [2.75, 3.05) is 19.6 Å². The van der Waals surface area contributed by atoms with Gasteiger partial charge >= 0.3 is 5.97 Å². The van der Waals surface area contributed by atoms with Gasteiger partial charge in [-0.1, -0.05) is 5.92 Å². The van der Waals surface area contributed by atoms with Crippen LogP contribution >= 0.6 is 0 Å². The highest BCUT2D eigenvalue weighted by molar-refractivity contribution is 7.89. The number of sulfonamides is 1. The summed E-state index contributed by atoms with van der Waals surface area (Å²) in [6, 6.07) is 5.56. The molecule has 26 heavy (non-hydrogen) atoms. The minimum absolute atomic E-state index is 0.00376. The molecule has 1 amide bonds. The van der Waals surface area contributed by atoms with Gasteiger partial charge in [0, 0.05) is 18.7 Å². The number of nitrogens with one attached hydrogen (secondary N) is 1. The molecule has 1 saturated carbocycles. The Morgan fingerprint density at radius 2 is 1.88 bits per heavy atom. The Bertz CT molecular complexity index is 853. The number of terminal acetylenes is 1. The monoisotopic (exact) mass is 376 g/mol. The summed E-state index contributed by atoms with van der Waals surface area (Å²) in [7, 11) is -3.71. The number of rotatable bonds is 6. The average molecular weight is 376 g/mol. The van der Waals surface area contributed by atoms with E-state index in [2.05, 4.69) is 10.6 Å². The maximum Gasteiger partial charge on any atom is 0.308 e. The molecule has 2 aliphatic rings. The summed E-state index contributed by atoms with van der Waals surface area (Å²) in [5, 5.41) is 9.40. The van der Waals surface area contributed by atoms with Crippen molar-refractivity contribution < 1.29 is 23.1 Å². The molecule has 7 nitrogen and oxygen atoms in total. The third kappa shape index (κ3) is 3.74. The predicted molar refractivity (Wildman–Crippen MR) is 93.7 cm³/mol. The minimum atomic E-state index is -3.71. The molecule has 2 atom stereocenters. The van der Waals surface area contributed by atoms with E-state index in [1.54, 1.807) is 4.90 Å². The summed E-state index contributed by atoms with van der Waals surface area (Å²) in [4.78, 5) is 25.7. The van der Waals surface area contributed by atoms with Crippen molar-refractivity contribution in [3.05, 3.63) is 29.8 Å². The summed E-state index contributed by atoms with van der Waals surface area (Å²) in [6.45, 7) is 0.513. The number of carbonyl (C=O) groups excluding carboxylic acids is 1. The molecule has 0 unspecified atom stereocenters. The first-order valence-electron chi connectivity index (χ1n) is 8.38. The number of amides is 1. The lowest BCUT2D eigenvalue weighted by Gasteiger charge is -2.16. The predicted octanol–water partition coefficient (Wildman–Crippen LogP) is 0.781. The second kappa shape index (κ2) is 7.09. The Kier molecular flexibility index (Phi) is 5.03. The number of nitrogens with zero attached hydrogens (tertiary/aromatic N) is 1. The van der Waals surface area contributed by atoms with E-state index in [0.29, 0.717) is 18.0 Å². The highest BCUT2D eigenvalue weighted by Gasteiger charge is 2.46. The number of hydrogen-bond donors (Lipinski definition) is 2. The second-order valence-corrected chi connectivity index (χ2v) is 8.48. The molecule has 1 aromatic carbocycles. The van der Waals surface area contributed by atoms with Crippen LogP contribution in [0.5, 0.6) is 0 Å². The first-order chi connectivity index (χ1) is 12.3. The standard InChI is InChI=1S/C18H20N2O5S/c1-2-9-19-26(24,25)14-7-5-13(6-8-14)17(21)20-10-15(12-3-4-12)16(11-20)18(22)23/h1,5-8,12,15-16,19H,3-4,9-11H2,(H,22,23)/t15-,16+/m1/s1. The van der Waals surface area contributed by atoms with Gasteiger partial charge in [-0.05, 0) is 48.9 Å². The van der Waals surface area contributed by atoms with E-state index in [1.807, 2.05) is 0 Å². The fourth-order valence-electron chi connectivity index (χ4n) is 3.44. The zero-order valence-electron chi connectivity index (χ0n) is 14.1. The van der Waals surface area contributed by atoms with Crippen LogP contribution in [0.4, 0.5) is 0 Å². The van der Waals surface area contributed by atoms with Crippen molar-refractivity contribution in [3.8, 4) is 12.3 Å². The van der Waals surface area contributed by atoms with Gasteiger partial charge in [-0.15, -0.1) is 6.42 Å². The van der Waals surface area contributed by atoms with Gasteiger partial charge in [-0.2, -0.15) is 4.72 Å². The van der Waals surface area contributed by atoms with E-state index in [4.69, 9.17) is 6.42 Å². The molecule has 3 rings (SSSR count). The molecule has 2 fully saturated rings. The lowest BCUT2D eigenvalue weighted by atomic mass is 9.92. The molecule has 0 bridgehead atoms. The Hall–Kier alpha value is -2.37. The van der Waals surface area contributed by atoms with Crippen LogP contribution in [-0.2, 0) is 14.8 Å². The van der Waals surface area contributed by atoms with Crippen molar-refractivity contribution in [3.63, 3.8) is 0 Å². The van der Waals surface area contributed by atoms with Gasteiger partial charge in [-0.3, -0.25) is 9.59 Å². The van der Waals surface area contributed by atoms with Crippen LogP contribution in [0.3, 0.4) is 0 Å². The van der Waals surface area contributed by atoms with Gasteiger partial charge in [0.05, 0.1) is 17.4 Å². The Balaban J connectivity index is 1.72. The first-order valence-corrected chi connectivity index (χ1v) is 9.87. The third-order valence-electron chi connectivity index (χ3n) is 4.97. The van der Waals surface area contributed by atoms with Crippen molar-refractivity contribution in [1.82, 2.24) is 9.62 Å². The molecule has 0 radical (unpaired) electrons. The third-order valence-corrected chi connectivity index (χ3v) is 6.39. The van der Waals surface area contributed by atoms with Crippen LogP contribution in [0.25, 0.3) is 0 Å². The van der Waals surface area contributed by atoms with Gasteiger partial charge < -0.3 is 10.0 Å². The molecule has 2 N–H and O–H groups in total. The topological polar surface area (TPSA) is 104 Å². The van der Waals surface area contributed by atoms with Crippen LogP contribution in [-0.4, -0.2) is 49.9 Å². The van der Waals surface area contributed by atoms with Gasteiger partial charge in [-0.25, -0.2) is 8.42 Å². The maximum atomic E-state index is 12.7. The van der Waals surface area contributed by atoms with Crippen LogP contribution in [0, 0.1) is 30.1 Å². The van der Waals surface area contributed by atoms with Crippen molar-refractivity contribution in [2.45, 2.75) is 17.7 Å². The quantitative estimate of drug-likeness (QED) is 0.714. The van der Waals surface area contributed by atoms with Crippen LogP contribution in [0.15, 0.2) is 29.2 Å². The minimum Gasteiger partial charge on any atom is -0.481 e. The highest BCUT2D eigenvalue weighted by atomic mass is 32.2. The fourth-order valence-corrected chi connectivity index (χ4v) is 4.37. The number of aliphatic carboxylic acids is 1. The molecule has 1 aliphatic heterocycles. The van der Waals surface area contributed by atoms with Crippen LogP contribution in [0.2, 0.25) is 0 Å². The first kappa shape index (κ1) is 18.4. The number of carboxylic acid groups (broad SMARTS) is 1. The Labute approximate surface area is 152 Å². The molecular weight excluding hydrogens is 356 g/mol. The van der Waals surface area contributed by atoms with Crippen LogP contribution in [0.1, 0.15) is 23.2 Å². The van der Waals surface area contributed by atoms with E-state index < -0.39 is 21.9 Å². The fraction of sp³-hybridized carbons (Fsp3) is 0.444.